The summed E-state index contributed by atoms with van der Waals surface area (Å²) >= 11 is 4.10. The average Bonchev–Trinajstić information content (AvgIpc) is 3.19. The van der Waals surface area contributed by atoms with E-state index < -0.39 is 6.04 Å². The number of aromatic nitrogens is 1. The Morgan fingerprint density at radius 2 is 2.20 bits per heavy atom. The Kier molecular flexibility index (Phi) is 13.6. The molecule has 0 saturated heterocycles. The number of ketones is 1. The molecule has 0 bridgehead atoms. The van der Waals surface area contributed by atoms with E-state index in [1.807, 2.05) is 30.7 Å². The standard InChI is InChI=1S/C20H29N3O4S3/c1-5-27-16(8-6-7-9-29-13-24)10-18(26)21-11-19-23-17(12-30-19)20(28-4)22-14(2)15(3)25/h6,8,12-14,16H,5,7,9-11H2,1-4H3,(H,21,26)/b8-6+,22-20?/t14-,16-/m1/s1. The number of ether oxygens (including phenoxy) is 1. The SMILES string of the molecule is CCO[C@H](/C=C/CCSC=O)CC(=O)NCc1nc(C(=N[C@H](C)C(C)=O)SC)cs1. The normalized spacial score (nSPS) is 13.9. The van der Waals surface area contributed by atoms with E-state index >= 15 is 0 Å². The average molecular weight is 472 g/mol. The topological polar surface area (TPSA) is 97.7 Å². The first kappa shape index (κ1) is 26.5. The molecule has 10 heteroatoms. The third-order valence-electron chi connectivity index (χ3n) is 3.89. The summed E-state index contributed by atoms with van der Waals surface area (Å²) in [6.07, 6.45) is 6.36. The molecular formula is C20H29N3O4S3. The van der Waals surface area contributed by atoms with Crippen LogP contribution in [-0.4, -0.2) is 58.1 Å². The van der Waals surface area contributed by atoms with Crippen LogP contribution in [0, 0.1) is 0 Å². The second-order valence-electron chi connectivity index (χ2n) is 6.21. The van der Waals surface area contributed by atoms with Crippen LogP contribution in [0.15, 0.2) is 22.5 Å². The van der Waals surface area contributed by atoms with Crippen LogP contribution in [0.4, 0.5) is 0 Å². The van der Waals surface area contributed by atoms with E-state index in [4.69, 9.17) is 4.74 Å². The Morgan fingerprint density at radius 3 is 2.83 bits per heavy atom. The van der Waals surface area contributed by atoms with Crippen molar-refractivity contribution in [2.75, 3.05) is 18.6 Å². The molecule has 0 aliphatic rings. The molecule has 0 fully saturated rings. The van der Waals surface area contributed by atoms with Gasteiger partial charge in [0.15, 0.2) is 11.4 Å². The highest BCUT2D eigenvalue weighted by molar-refractivity contribution is 8.13. The molecule has 30 heavy (non-hydrogen) atoms. The number of Topliss-reactive ketones (excluding diaryl/α,β-unsaturated/α-hetero) is 1. The molecule has 0 aliphatic carbocycles. The zero-order valence-electron chi connectivity index (χ0n) is 17.8. The lowest BCUT2D eigenvalue weighted by Crippen LogP contribution is -2.27. The van der Waals surface area contributed by atoms with Gasteiger partial charge >= 0.3 is 0 Å². The third-order valence-corrected chi connectivity index (χ3v) is 6.05. The largest absolute Gasteiger partial charge is 0.374 e. The number of thioether (sulfide) groups is 2. The third kappa shape index (κ3) is 10.5. The second-order valence-corrected chi connectivity index (χ2v) is 8.88. The highest BCUT2D eigenvalue weighted by atomic mass is 32.2. The summed E-state index contributed by atoms with van der Waals surface area (Å²) in [6, 6.07) is -0.405. The van der Waals surface area contributed by atoms with Crippen LogP contribution in [-0.2, 0) is 25.7 Å². The van der Waals surface area contributed by atoms with Gasteiger partial charge in [-0.3, -0.25) is 19.4 Å². The number of hydrogen-bond donors (Lipinski definition) is 1. The Morgan fingerprint density at radius 1 is 1.43 bits per heavy atom. The Hall–Kier alpha value is -1.49. The summed E-state index contributed by atoms with van der Waals surface area (Å²) in [6.45, 7) is 6.00. The van der Waals surface area contributed by atoms with Crippen molar-refractivity contribution < 1.29 is 19.1 Å². The smallest absolute Gasteiger partial charge is 0.223 e. The lowest BCUT2D eigenvalue weighted by molar-refractivity contribution is -0.123. The maximum absolute atomic E-state index is 12.3. The number of aliphatic imine (C=N–C) groups is 1. The van der Waals surface area contributed by atoms with Crippen molar-refractivity contribution in [2.45, 2.75) is 52.3 Å². The van der Waals surface area contributed by atoms with Gasteiger partial charge in [-0.15, -0.1) is 23.1 Å². The van der Waals surface area contributed by atoms with E-state index in [0.29, 0.717) is 29.6 Å². The number of amides is 1. The number of hydrogen-bond acceptors (Lipinski definition) is 9. The molecule has 1 aromatic heterocycles. The molecular weight excluding hydrogens is 442 g/mol. The zero-order valence-corrected chi connectivity index (χ0v) is 20.2. The van der Waals surface area contributed by atoms with E-state index in [1.54, 1.807) is 6.92 Å². The summed E-state index contributed by atoms with van der Waals surface area (Å²) in [5.41, 5.74) is 1.54. The van der Waals surface area contributed by atoms with E-state index in [9.17, 15) is 14.4 Å². The minimum Gasteiger partial charge on any atom is -0.374 e. The zero-order chi connectivity index (χ0) is 22.4. The molecule has 1 N–H and O–H groups in total. The molecule has 1 heterocycles. The summed E-state index contributed by atoms with van der Waals surface area (Å²) in [4.78, 5) is 43.0. The van der Waals surface area contributed by atoms with Crippen molar-refractivity contribution in [1.29, 1.82) is 0 Å². The van der Waals surface area contributed by atoms with Gasteiger partial charge in [0.2, 0.25) is 5.91 Å². The van der Waals surface area contributed by atoms with Crippen molar-refractivity contribution >= 4 is 57.2 Å². The van der Waals surface area contributed by atoms with Crippen molar-refractivity contribution in [3.05, 3.63) is 28.2 Å². The molecule has 1 rings (SSSR count). The van der Waals surface area contributed by atoms with Gasteiger partial charge in [-0.25, -0.2) is 4.98 Å². The number of allylic oxidation sites excluding steroid dienone is 1. The first-order chi connectivity index (χ1) is 14.4. The fourth-order valence-corrected chi connectivity index (χ4v) is 3.98. The van der Waals surface area contributed by atoms with Crippen LogP contribution >= 0.6 is 34.9 Å². The van der Waals surface area contributed by atoms with Gasteiger partial charge in [0.05, 0.1) is 19.1 Å². The molecule has 1 aromatic rings. The number of thiazole rings is 1. The lowest BCUT2D eigenvalue weighted by Gasteiger charge is -2.12. The van der Waals surface area contributed by atoms with Crippen molar-refractivity contribution in [3.8, 4) is 0 Å². The molecule has 0 spiro atoms. The van der Waals surface area contributed by atoms with Crippen molar-refractivity contribution in [2.24, 2.45) is 4.99 Å². The molecule has 0 saturated carbocycles. The van der Waals surface area contributed by atoms with Crippen LogP contribution in [0.5, 0.6) is 0 Å². The highest BCUT2D eigenvalue weighted by Crippen LogP contribution is 2.17. The van der Waals surface area contributed by atoms with Crippen LogP contribution < -0.4 is 5.32 Å². The lowest BCUT2D eigenvalue weighted by atomic mass is 10.2. The van der Waals surface area contributed by atoms with Gasteiger partial charge < -0.3 is 10.1 Å². The highest BCUT2D eigenvalue weighted by Gasteiger charge is 2.14. The van der Waals surface area contributed by atoms with Gasteiger partial charge in [0, 0.05) is 17.7 Å². The van der Waals surface area contributed by atoms with E-state index in [0.717, 1.165) is 17.0 Å². The minimum absolute atomic E-state index is 0.00432. The summed E-state index contributed by atoms with van der Waals surface area (Å²) < 4.78 is 5.59. The van der Waals surface area contributed by atoms with Crippen molar-refractivity contribution in [1.82, 2.24) is 10.3 Å². The van der Waals surface area contributed by atoms with Crippen LogP contribution in [0.25, 0.3) is 0 Å². The predicted octanol–water partition coefficient (Wildman–Crippen LogP) is 3.51. The Balaban J connectivity index is 2.59. The second kappa shape index (κ2) is 15.3. The molecule has 2 atom stereocenters. The molecule has 0 aliphatic heterocycles. The first-order valence-corrected chi connectivity index (χ1v) is 12.7. The van der Waals surface area contributed by atoms with Gasteiger partial charge in [0.25, 0.3) is 0 Å². The molecule has 0 radical (unpaired) electrons. The molecule has 0 aromatic carbocycles. The van der Waals surface area contributed by atoms with Gasteiger partial charge in [-0.05, 0) is 33.4 Å². The number of carbonyl (C=O) groups excluding carboxylic acids is 3. The van der Waals surface area contributed by atoms with Gasteiger partial charge in [-0.1, -0.05) is 23.9 Å². The molecule has 1 amide bonds. The van der Waals surface area contributed by atoms with Gasteiger partial charge in [-0.2, -0.15) is 0 Å². The van der Waals surface area contributed by atoms with Crippen molar-refractivity contribution in [3.63, 3.8) is 0 Å². The number of rotatable bonds is 14. The minimum atomic E-state index is -0.405. The number of carbonyl (C=O) groups is 3. The summed E-state index contributed by atoms with van der Waals surface area (Å²) in [5, 5.41) is 6.23. The fourth-order valence-electron chi connectivity index (χ4n) is 2.24. The first-order valence-electron chi connectivity index (χ1n) is 9.58. The maximum Gasteiger partial charge on any atom is 0.223 e. The van der Waals surface area contributed by atoms with Crippen LogP contribution in [0.1, 0.15) is 44.3 Å². The van der Waals surface area contributed by atoms with Crippen LogP contribution in [0.2, 0.25) is 0 Å². The van der Waals surface area contributed by atoms with E-state index in [1.165, 1.54) is 41.8 Å². The monoisotopic (exact) mass is 471 g/mol. The van der Waals surface area contributed by atoms with E-state index in [2.05, 4.69) is 15.3 Å². The summed E-state index contributed by atoms with van der Waals surface area (Å²) in [7, 11) is 0. The van der Waals surface area contributed by atoms with Crippen LogP contribution in [0.3, 0.4) is 0 Å². The van der Waals surface area contributed by atoms with E-state index in [-0.39, 0.29) is 24.2 Å². The Labute approximate surface area is 190 Å². The predicted molar refractivity (Wildman–Crippen MR) is 127 cm³/mol. The number of nitrogens with one attached hydrogen (secondary N) is 1. The fraction of sp³-hybridized carbons (Fsp3) is 0.550. The quantitative estimate of drug-likeness (QED) is 0.146. The maximum atomic E-state index is 12.3. The molecule has 0 unspecified atom stereocenters. The Bertz CT molecular complexity index is 749. The van der Waals surface area contributed by atoms with Gasteiger partial charge in [0.1, 0.15) is 21.8 Å². The molecule has 166 valence electrons. The number of nitrogens with zero attached hydrogens (tertiary/aromatic N) is 2. The summed E-state index contributed by atoms with van der Waals surface area (Å²) in [5.74, 6) is 0.593. The molecule has 7 nitrogen and oxygen atoms in total.